The monoisotopic (exact) mass is 311 g/mol. The Morgan fingerprint density at radius 2 is 1.75 bits per heavy atom. The molecule has 0 aromatic heterocycles. The molecule has 1 heterocycles. The average molecular weight is 312 g/mol. The molecule has 0 aliphatic carbocycles. The Balaban J connectivity index is 2.11. The van der Waals surface area contributed by atoms with E-state index in [-0.39, 0.29) is 21.6 Å². The third-order valence-corrected chi connectivity index (χ3v) is 3.73. The first-order chi connectivity index (χ1) is 9.50. The van der Waals surface area contributed by atoms with Crippen molar-refractivity contribution < 1.29 is 14.3 Å². The van der Waals surface area contributed by atoms with Crippen LogP contribution in [-0.2, 0) is 0 Å². The minimum atomic E-state index is -1.14. The maximum absolute atomic E-state index is 13.4. The van der Waals surface area contributed by atoms with Crippen molar-refractivity contribution in [2.24, 2.45) is 0 Å². The molecule has 1 aliphatic heterocycles. The molecular weight excluding hydrogens is 304 g/mol. The van der Waals surface area contributed by atoms with Gasteiger partial charge in [-0.15, -0.1) is 0 Å². The van der Waals surface area contributed by atoms with Crippen molar-refractivity contribution in [3.8, 4) is 0 Å². The summed E-state index contributed by atoms with van der Waals surface area (Å²) in [5, 5.41) is 9.83. The number of nitrogens with zero attached hydrogens (tertiary/aromatic N) is 1. The van der Waals surface area contributed by atoms with Crippen molar-refractivity contribution in [2.45, 2.75) is 6.23 Å². The summed E-state index contributed by atoms with van der Waals surface area (Å²) >= 11 is 11.5. The van der Waals surface area contributed by atoms with Gasteiger partial charge in [0, 0.05) is 11.1 Å². The van der Waals surface area contributed by atoms with Gasteiger partial charge in [-0.1, -0.05) is 41.4 Å². The first-order valence-corrected chi connectivity index (χ1v) is 6.51. The molecule has 0 fully saturated rings. The Morgan fingerprint density at radius 3 is 2.35 bits per heavy atom. The molecule has 1 N–H and O–H groups in total. The number of aliphatic hydroxyl groups excluding tert-OH is 1. The molecule has 3 nitrogen and oxygen atoms in total. The lowest BCUT2D eigenvalue weighted by Crippen LogP contribution is -2.27. The highest BCUT2D eigenvalue weighted by Gasteiger charge is 2.36. The number of hydrogen-bond donors (Lipinski definition) is 1. The van der Waals surface area contributed by atoms with E-state index in [0.717, 1.165) is 4.90 Å². The van der Waals surface area contributed by atoms with E-state index in [2.05, 4.69) is 0 Å². The summed E-state index contributed by atoms with van der Waals surface area (Å²) < 4.78 is 13.4. The second-order valence-corrected chi connectivity index (χ2v) is 5.17. The number of amides is 1. The molecule has 0 radical (unpaired) electrons. The Morgan fingerprint density at radius 1 is 1.15 bits per heavy atom. The fourth-order valence-corrected chi connectivity index (χ4v) is 2.71. The van der Waals surface area contributed by atoms with Gasteiger partial charge in [0.05, 0.1) is 15.7 Å². The lowest BCUT2D eigenvalue weighted by molar-refractivity contribution is 0.0935. The number of carbonyl (C=O) groups is 1. The fourth-order valence-electron chi connectivity index (χ4n) is 2.24. The Bertz CT molecular complexity index is 697. The van der Waals surface area contributed by atoms with E-state index in [1.165, 1.54) is 12.1 Å². The molecule has 20 heavy (non-hydrogen) atoms. The van der Waals surface area contributed by atoms with Crippen molar-refractivity contribution in [3.05, 3.63) is 63.4 Å². The van der Waals surface area contributed by atoms with Crippen LogP contribution in [0.15, 0.2) is 36.4 Å². The number of fused-ring (bicyclic) bond motifs is 1. The third-order valence-electron chi connectivity index (χ3n) is 3.18. The average Bonchev–Trinajstić information content (AvgIpc) is 2.68. The molecule has 0 bridgehead atoms. The van der Waals surface area contributed by atoms with Crippen LogP contribution in [0.3, 0.4) is 0 Å². The van der Waals surface area contributed by atoms with Crippen molar-refractivity contribution in [2.75, 3.05) is 4.90 Å². The predicted octanol–water partition coefficient (Wildman–Crippen LogP) is 3.78. The second kappa shape index (κ2) is 4.74. The van der Waals surface area contributed by atoms with Gasteiger partial charge in [0.1, 0.15) is 0 Å². The standard InChI is InChI=1S/C14H8Cl2FNO2/c15-10-5-7(6-11(16)12(10)17)18-13(19)8-3-1-2-4-9(8)14(18)20/h1-6,13,19H. The van der Waals surface area contributed by atoms with E-state index in [9.17, 15) is 14.3 Å². The predicted molar refractivity (Wildman–Crippen MR) is 74.6 cm³/mol. The zero-order chi connectivity index (χ0) is 14.4. The second-order valence-electron chi connectivity index (χ2n) is 4.36. The Kier molecular flexibility index (Phi) is 3.17. The number of anilines is 1. The molecule has 1 atom stereocenters. The lowest BCUT2D eigenvalue weighted by atomic mass is 10.1. The molecule has 1 unspecified atom stereocenters. The smallest absolute Gasteiger partial charge is 0.261 e. The fraction of sp³-hybridized carbons (Fsp3) is 0.0714. The van der Waals surface area contributed by atoms with Crippen molar-refractivity contribution in [1.29, 1.82) is 0 Å². The van der Waals surface area contributed by atoms with E-state index < -0.39 is 12.0 Å². The molecule has 3 rings (SSSR count). The number of hydrogen-bond acceptors (Lipinski definition) is 2. The van der Waals surface area contributed by atoms with E-state index >= 15 is 0 Å². The minimum absolute atomic E-state index is 0.205. The molecule has 102 valence electrons. The largest absolute Gasteiger partial charge is 0.369 e. The van der Waals surface area contributed by atoms with Crippen LogP contribution in [0.1, 0.15) is 22.1 Å². The number of rotatable bonds is 1. The summed E-state index contributed by atoms with van der Waals surface area (Å²) in [7, 11) is 0. The quantitative estimate of drug-likeness (QED) is 0.814. The van der Waals surface area contributed by atoms with E-state index in [1.807, 2.05) is 0 Å². The van der Waals surface area contributed by atoms with Gasteiger partial charge in [0.25, 0.3) is 5.91 Å². The molecule has 2 aromatic rings. The van der Waals surface area contributed by atoms with Gasteiger partial charge < -0.3 is 5.11 Å². The number of benzene rings is 2. The first-order valence-electron chi connectivity index (χ1n) is 5.76. The van der Waals surface area contributed by atoms with Crippen molar-refractivity contribution in [1.82, 2.24) is 0 Å². The molecular formula is C14H8Cl2FNO2. The van der Waals surface area contributed by atoms with Gasteiger partial charge in [0.2, 0.25) is 0 Å². The summed E-state index contributed by atoms with van der Waals surface area (Å²) in [6.07, 6.45) is -1.14. The van der Waals surface area contributed by atoms with Crippen LogP contribution in [0.25, 0.3) is 0 Å². The van der Waals surface area contributed by atoms with Gasteiger partial charge in [0.15, 0.2) is 12.0 Å². The van der Waals surface area contributed by atoms with Gasteiger partial charge >= 0.3 is 0 Å². The van der Waals surface area contributed by atoms with Crippen LogP contribution in [0.2, 0.25) is 10.0 Å². The Labute approximate surface area is 124 Å². The van der Waals surface area contributed by atoms with E-state index in [0.29, 0.717) is 11.1 Å². The molecule has 1 amide bonds. The topological polar surface area (TPSA) is 40.5 Å². The first kappa shape index (κ1) is 13.4. The molecule has 6 heteroatoms. The van der Waals surface area contributed by atoms with Crippen LogP contribution in [0, 0.1) is 5.82 Å². The van der Waals surface area contributed by atoms with Crippen LogP contribution < -0.4 is 4.90 Å². The summed E-state index contributed by atoms with van der Waals surface area (Å²) in [4.78, 5) is 13.4. The SMILES string of the molecule is O=C1c2ccccc2C(O)N1c1cc(Cl)c(F)c(Cl)c1. The van der Waals surface area contributed by atoms with Crippen LogP contribution in [0.5, 0.6) is 0 Å². The van der Waals surface area contributed by atoms with Crippen molar-refractivity contribution in [3.63, 3.8) is 0 Å². The summed E-state index contributed by atoms with van der Waals surface area (Å²) in [6, 6.07) is 9.23. The van der Waals surface area contributed by atoms with Gasteiger partial charge in [-0.2, -0.15) is 0 Å². The molecule has 2 aromatic carbocycles. The van der Waals surface area contributed by atoms with E-state index in [1.54, 1.807) is 24.3 Å². The van der Waals surface area contributed by atoms with Gasteiger partial charge in [-0.05, 0) is 18.2 Å². The highest BCUT2D eigenvalue weighted by atomic mass is 35.5. The summed E-state index contributed by atoms with van der Waals surface area (Å²) in [6.45, 7) is 0. The highest BCUT2D eigenvalue weighted by molar-refractivity contribution is 6.35. The summed E-state index contributed by atoms with van der Waals surface area (Å²) in [5.74, 6) is -1.14. The maximum Gasteiger partial charge on any atom is 0.261 e. The van der Waals surface area contributed by atoms with Crippen molar-refractivity contribution >= 4 is 34.8 Å². The molecule has 0 saturated heterocycles. The summed E-state index contributed by atoms with van der Waals surface area (Å²) in [5.41, 5.74) is 1.14. The minimum Gasteiger partial charge on any atom is -0.369 e. The number of carbonyl (C=O) groups excluding carboxylic acids is 1. The van der Waals surface area contributed by atoms with Gasteiger partial charge in [-0.25, -0.2) is 4.39 Å². The normalized spacial score (nSPS) is 17.5. The van der Waals surface area contributed by atoms with Crippen LogP contribution in [0.4, 0.5) is 10.1 Å². The van der Waals surface area contributed by atoms with Gasteiger partial charge in [-0.3, -0.25) is 9.69 Å². The maximum atomic E-state index is 13.4. The lowest BCUT2D eigenvalue weighted by Gasteiger charge is -2.21. The zero-order valence-electron chi connectivity index (χ0n) is 9.98. The number of aliphatic hydroxyl groups is 1. The van der Waals surface area contributed by atoms with Crippen LogP contribution in [-0.4, -0.2) is 11.0 Å². The molecule has 1 aliphatic rings. The molecule has 0 saturated carbocycles. The number of halogens is 3. The molecule has 0 spiro atoms. The Hall–Kier alpha value is -1.62. The zero-order valence-corrected chi connectivity index (χ0v) is 11.5. The third kappa shape index (κ3) is 1.88. The highest BCUT2D eigenvalue weighted by Crippen LogP contribution is 2.38. The van der Waals surface area contributed by atoms with Crippen LogP contribution >= 0.6 is 23.2 Å². The van der Waals surface area contributed by atoms with E-state index in [4.69, 9.17) is 23.2 Å².